The lowest BCUT2D eigenvalue weighted by Crippen LogP contribution is -2.29. The molecule has 5 rings (SSSR count). The molecule has 1 aliphatic rings. The minimum Gasteiger partial charge on any atom is -0.334 e. The number of H-pyrrole nitrogens is 1. The van der Waals surface area contributed by atoms with Crippen molar-refractivity contribution in [2.45, 2.75) is 25.8 Å². The second-order valence-electron chi connectivity index (χ2n) is 7.65. The molecule has 2 aromatic heterocycles. The Labute approximate surface area is 184 Å². The summed E-state index contributed by atoms with van der Waals surface area (Å²) in [6, 6.07) is 20.7. The van der Waals surface area contributed by atoms with Gasteiger partial charge in [-0.15, -0.1) is 0 Å². The van der Waals surface area contributed by atoms with Crippen LogP contribution in [0.3, 0.4) is 0 Å². The van der Waals surface area contributed by atoms with Gasteiger partial charge in [-0.05, 0) is 24.8 Å². The van der Waals surface area contributed by atoms with Crippen molar-refractivity contribution in [2.75, 3.05) is 5.32 Å². The Morgan fingerprint density at radius 1 is 1.03 bits per heavy atom. The third-order valence-corrected chi connectivity index (χ3v) is 5.45. The summed E-state index contributed by atoms with van der Waals surface area (Å²) in [7, 11) is 0. The minimum absolute atomic E-state index is 0.154. The van der Waals surface area contributed by atoms with Crippen molar-refractivity contribution in [3.8, 4) is 17.2 Å². The first-order valence-corrected chi connectivity index (χ1v) is 10.5. The molecule has 0 fully saturated rings. The minimum atomic E-state index is -0.377. The number of fused-ring (bicyclic) bond motifs is 1. The Bertz CT molecular complexity index is 1310. The number of nitrogens with one attached hydrogen (secondary N) is 3. The number of urea groups is 1. The van der Waals surface area contributed by atoms with Crippen LogP contribution < -0.4 is 16.2 Å². The molecule has 2 heterocycles. The number of amides is 2. The number of hydrogen-bond acceptors (Lipinski definition) is 4. The summed E-state index contributed by atoms with van der Waals surface area (Å²) >= 11 is 0. The molecule has 0 aliphatic heterocycles. The normalized spacial score (nSPS) is 12.4. The van der Waals surface area contributed by atoms with Crippen molar-refractivity contribution in [1.29, 1.82) is 0 Å². The van der Waals surface area contributed by atoms with Gasteiger partial charge in [-0.2, -0.15) is 9.78 Å². The Morgan fingerprint density at radius 2 is 1.78 bits per heavy atom. The molecule has 0 saturated heterocycles. The van der Waals surface area contributed by atoms with E-state index in [1.165, 1.54) is 4.68 Å². The van der Waals surface area contributed by atoms with E-state index in [9.17, 15) is 9.59 Å². The van der Waals surface area contributed by atoms with Gasteiger partial charge in [-0.3, -0.25) is 15.1 Å². The smallest absolute Gasteiger partial charge is 0.320 e. The molecule has 0 radical (unpaired) electrons. The average Bonchev–Trinajstić information content (AvgIpc) is 3.46. The quantitative estimate of drug-likeness (QED) is 0.455. The van der Waals surface area contributed by atoms with Crippen molar-refractivity contribution in [2.24, 2.45) is 0 Å². The molecule has 0 spiro atoms. The predicted molar refractivity (Wildman–Crippen MR) is 122 cm³/mol. The van der Waals surface area contributed by atoms with Crippen molar-refractivity contribution < 1.29 is 4.79 Å². The van der Waals surface area contributed by atoms with Crippen LogP contribution in [-0.2, 0) is 19.4 Å². The number of nitrogens with zero attached hydrogens (tertiary/aromatic N) is 3. The van der Waals surface area contributed by atoms with Crippen LogP contribution in [0, 0.1) is 0 Å². The average molecular weight is 426 g/mol. The first kappa shape index (κ1) is 19.7. The van der Waals surface area contributed by atoms with Crippen LogP contribution in [0.4, 0.5) is 10.6 Å². The van der Waals surface area contributed by atoms with E-state index in [1.54, 1.807) is 6.07 Å². The molecule has 0 atom stereocenters. The maximum absolute atomic E-state index is 12.6. The van der Waals surface area contributed by atoms with E-state index in [1.807, 2.05) is 60.7 Å². The van der Waals surface area contributed by atoms with Crippen molar-refractivity contribution >= 4 is 11.8 Å². The fraction of sp³-hybridized carbons (Fsp3) is 0.167. The second kappa shape index (κ2) is 8.50. The molecule has 2 aromatic carbocycles. The summed E-state index contributed by atoms with van der Waals surface area (Å²) in [6.07, 6.45) is 2.41. The number of benzene rings is 2. The van der Waals surface area contributed by atoms with E-state index in [-0.39, 0.29) is 17.5 Å². The molecular weight excluding hydrogens is 404 g/mol. The van der Waals surface area contributed by atoms with Gasteiger partial charge in [0, 0.05) is 23.7 Å². The molecular formula is C24H22N6O2. The standard InChI is InChI=1S/C24H22N6O2/c31-22-18-12-7-13-19(18)26-23(28-22)30-21(14-20(29-30)17-10-5-2-6-11-17)27-24(32)25-15-16-8-3-1-4-9-16/h1-6,8-11,14H,7,12-13,15H2,(H2,25,27,32)(H,26,28,31). The maximum Gasteiger partial charge on any atom is 0.320 e. The third-order valence-electron chi connectivity index (χ3n) is 5.45. The summed E-state index contributed by atoms with van der Waals surface area (Å²) in [5.74, 6) is 0.701. The summed E-state index contributed by atoms with van der Waals surface area (Å²) < 4.78 is 1.48. The highest BCUT2D eigenvalue weighted by Crippen LogP contribution is 2.24. The van der Waals surface area contributed by atoms with Gasteiger partial charge in [0.25, 0.3) is 5.56 Å². The summed E-state index contributed by atoms with van der Waals surface area (Å²) in [5, 5.41) is 10.3. The highest BCUT2D eigenvalue weighted by Gasteiger charge is 2.20. The first-order valence-electron chi connectivity index (χ1n) is 10.5. The van der Waals surface area contributed by atoms with Crippen LogP contribution in [0.2, 0.25) is 0 Å². The number of carbonyl (C=O) groups excluding carboxylic acids is 1. The van der Waals surface area contributed by atoms with Crippen LogP contribution in [0.5, 0.6) is 0 Å². The number of hydrogen-bond donors (Lipinski definition) is 3. The molecule has 160 valence electrons. The monoisotopic (exact) mass is 426 g/mol. The molecule has 8 nitrogen and oxygen atoms in total. The van der Waals surface area contributed by atoms with Crippen molar-refractivity contribution in [3.05, 3.63) is 93.9 Å². The fourth-order valence-corrected chi connectivity index (χ4v) is 3.85. The molecule has 0 saturated carbocycles. The predicted octanol–water partition coefficient (Wildman–Crippen LogP) is 3.43. The zero-order valence-corrected chi connectivity index (χ0v) is 17.3. The Hall–Kier alpha value is -4.20. The molecule has 0 bridgehead atoms. The first-order chi connectivity index (χ1) is 15.7. The summed E-state index contributed by atoms with van der Waals surface area (Å²) in [5.41, 5.74) is 3.92. The topological polar surface area (TPSA) is 105 Å². The van der Waals surface area contributed by atoms with Gasteiger partial charge in [0.2, 0.25) is 5.95 Å². The third kappa shape index (κ3) is 4.02. The zero-order chi connectivity index (χ0) is 21.9. The number of carbonyl (C=O) groups is 1. The van der Waals surface area contributed by atoms with Crippen molar-refractivity contribution in [1.82, 2.24) is 25.1 Å². The Balaban J connectivity index is 1.47. The van der Waals surface area contributed by atoms with Gasteiger partial charge < -0.3 is 5.32 Å². The zero-order valence-electron chi connectivity index (χ0n) is 17.3. The molecule has 1 aliphatic carbocycles. The van der Waals surface area contributed by atoms with Crippen LogP contribution in [0.25, 0.3) is 17.2 Å². The number of anilines is 1. The van der Waals surface area contributed by atoms with E-state index in [0.29, 0.717) is 18.1 Å². The lowest BCUT2D eigenvalue weighted by atomic mass is 10.2. The van der Waals surface area contributed by atoms with E-state index < -0.39 is 0 Å². The number of aryl methyl sites for hydroxylation is 1. The Morgan fingerprint density at radius 3 is 2.56 bits per heavy atom. The van der Waals surface area contributed by atoms with Crippen LogP contribution in [-0.4, -0.2) is 25.8 Å². The molecule has 3 N–H and O–H groups in total. The van der Waals surface area contributed by atoms with Gasteiger partial charge in [-0.1, -0.05) is 60.7 Å². The van der Waals surface area contributed by atoms with Gasteiger partial charge in [0.15, 0.2) is 0 Å². The highest BCUT2D eigenvalue weighted by atomic mass is 16.2. The number of rotatable bonds is 5. The fourth-order valence-electron chi connectivity index (χ4n) is 3.85. The molecule has 4 aromatic rings. The summed E-state index contributed by atoms with van der Waals surface area (Å²) in [6.45, 7) is 0.389. The highest BCUT2D eigenvalue weighted by molar-refractivity contribution is 5.89. The van der Waals surface area contributed by atoms with Gasteiger partial charge >= 0.3 is 6.03 Å². The van der Waals surface area contributed by atoms with E-state index in [2.05, 4.69) is 25.7 Å². The van der Waals surface area contributed by atoms with Crippen LogP contribution >= 0.6 is 0 Å². The number of aromatic amines is 1. The van der Waals surface area contributed by atoms with Gasteiger partial charge in [0.05, 0.1) is 11.4 Å². The lowest BCUT2D eigenvalue weighted by molar-refractivity contribution is 0.251. The maximum atomic E-state index is 12.6. The molecule has 32 heavy (non-hydrogen) atoms. The van der Waals surface area contributed by atoms with Crippen LogP contribution in [0.15, 0.2) is 71.5 Å². The van der Waals surface area contributed by atoms with Crippen LogP contribution in [0.1, 0.15) is 23.2 Å². The lowest BCUT2D eigenvalue weighted by Gasteiger charge is -2.10. The number of aromatic nitrogens is 4. The summed E-state index contributed by atoms with van der Waals surface area (Å²) in [4.78, 5) is 32.6. The Kier molecular flexibility index (Phi) is 5.25. The second-order valence-corrected chi connectivity index (χ2v) is 7.65. The van der Waals surface area contributed by atoms with Crippen molar-refractivity contribution in [3.63, 3.8) is 0 Å². The van der Waals surface area contributed by atoms with Gasteiger partial charge in [0.1, 0.15) is 5.82 Å². The SMILES string of the molecule is O=C(NCc1ccccc1)Nc1cc(-c2ccccc2)nn1-c1nc2c(c(=O)[nH]1)CCC2. The van der Waals surface area contributed by atoms with Gasteiger partial charge in [-0.25, -0.2) is 9.78 Å². The molecule has 8 heteroatoms. The van der Waals surface area contributed by atoms with E-state index in [0.717, 1.165) is 41.6 Å². The largest absolute Gasteiger partial charge is 0.334 e. The van der Waals surface area contributed by atoms with E-state index in [4.69, 9.17) is 0 Å². The molecule has 2 amide bonds. The van der Waals surface area contributed by atoms with E-state index >= 15 is 0 Å². The molecule has 0 unspecified atom stereocenters.